The van der Waals surface area contributed by atoms with Crippen molar-refractivity contribution in [1.29, 1.82) is 0 Å². The average molecular weight is 330 g/mol. The summed E-state index contributed by atoms with van der Waals surface area (Å²) in [5.41, 5.74) is 8.05. The first-order valence-corrected chi connectivity index (χ1v) is 7.61. The van der Waals surface area contributed by atoms with Gasteiger partial charge in [-0.05, 0) is 37.9 Å². The van der Waals surface area contributed by atoms with Gasteiger partial charge in [0.15, 0.2) is 5.96 Å². The van der Waals surface area contributed by atoms with Gasteiger partial charge in [0.1, 0.15) is 11.6 Å². The summed E-state index contributed by atoms with van der Waals surface area (Å²) in [6.45, 7) is 0.861. The van der Waals surface area contributed by atoms with E-state index in [1.165, 1.54) is 6.07 Å². The molecule has 0 aliphatic carbocycles. The molecule has 0 aromatic heterocycles. The molecule has 5 nitrogen and oxygen atoms in total. The van der Waals surface area contributed by atoms with Crippen LogP contribution >= 0.6 is 0 Å². The van der Waals surface area contributed by atoms with E-state index >= 15 is 0 Å². The number of nitrogens with one attached hydrogen (secondary N) is 1. The molecule has 0 saturated heterocycles. The third kappa shape index (κ3) is 4.96. The van der Waals surface area contributed by atoms with E-state index in [9.17, 15) is 4.39 Å². The highest BCUT2D eigenvalue weighted by molar-refractivity contribution is 5.93. The van der Waals surface area contributed by atoms with Crippen molar-refractivity contribution in [3.63, 3.8) is 0 Å². The molecule has 128 valence electrons. The normalized spacial score (nSPS) is 11.6. The molecule has 2 aromatic carbocycles. The molecule has 0 radical (unpaired) electrons. The monoisotopic (exact) mass is 330 g/mol. The van der Waals surface area contributed by atoms with Crippen LogP contribution in [0.2, 0.25) is 0 Å². The van der Waals surface area contributed by atoms with Crippen molar-refractivity contribution >= 4 is 11.6 Å². The summed E-state index contributed by atoms with van der Waals surface area (Å²) < 4.78 is 19.3. The number of nitrogens with two attached hydrogens (primary N) is 1. The zero-order chi connectivity index (χ0) is 17.5. The van der Waals surface area contributed by atoms with E-state index in [1.54, 1.807) is 13.2 Å². The Morgan fingerprint density at radius 2 is 2.00 bits per heavy atom. The smallest absolute Gasteiger partial charge is 0.193 e. The van der Waals surface area contributed by atoms with E-state index in [0.29, 0.717) is 24.4 Å². The largest absolute Gasteiger partial charge is 0.495 e. The molecule has 0 unspecified atom stereocenters. The average Bonchev–Trinajstić information content (AvgIpc) is 2.55. The van der Waals surface area contributed by atoms with Crippen molar-refractivity contribution in [1.82, 2.24) is 4.90 Å². The fourth-order valence-corrected chi connectivity index (χ4v) is 2.26. The number of ether oxygens (including phenoxy) is 1. The topological polar surface area (TPSA) is 62.9 Å². The Balaban J connectivity index is 2.03. The summed E-state index contributed by atoms with van der Waals surface area (Å²) in [6.07, 6.45) is 0. The summed E-state index contributed by atoms with van der Waals surface area (Å²) in [5.74, 6) is 0.694. The highest BCUT2D eigenvalue weighted by atomic mass is 19.1. The number of benzene rings is 2. The van der Waals surface area contributed by atoms with Crippen molar-refractivity contribution in [2.45, 2.75) is 13.1 Å². The molecule has 0 bridgehead atoms. The predicted octanol–water partition coefficient (Wildman–Crippen LogP) is 2.82. The predicted molar refractivity (Wildman–Crippen MR) is 95.7 cm³/mol. The second-order valence-corrected chi connectivity index (χ2v) is 5.69. The van der Waals surface area contributed by atoms with E-state index in [0.717, 1.165) is 11.3 Å². The van der Waals surface area contributed by atoms with Gasteiger partial charge >= 0.3 is 0 Å². The molecule has 0 atom stereocenters. The van der Waals surface area contributed by atoms with Gasteiger partial charge in [0.2, 0.25) is 0 Å². The number of para-hydroxylation sites is 2. The quantitative estimate of drug-likeness (QED) is 0.631. The molecule has 2 aromatic rings. The fourth-order valence-electron chi connectivity index (χ4n) is 2.26. The third-order valence-electron chi connectivity index (χ3n) is 3.41. The lowest BCUT2D eigenvalue weighted by atomic mass is 10.1. The Hall–Kier alpha value is -2.60. The summed E-state index contributed by atoms with van der Waals surface area (Å²) in [4.78, 5) is 6.17. The maximum absolute atomic E-state index is 14.0. The van der Waals surface area contributed by atoms with Gasteiger partial charge in [0.25, 0.3) is 0 Å². The summed E-state index contributed by atoms with van der Waals surface area (Å²) >= 11 is 0. The van der Waals surface area contributed by atoms with Crippen molar-refractivity contribution < 1.29 is 9.13 Å². The molecule has 24 heavy (non-hydrogen) atoms. The number of guanidine groups is 1. The van der Waals surface area contributed by atoms with E-state index < -0.39 is 0 Å². The molecule has 0 spiro atoms. The SMILES string of the molecule is COc1ccccc1NC(N)=NCc1ccc(CN(C)C)c(F)c1. The lowest BCUT2D eigenvalue weighted by Crippen LogP contribution is -2.23. The molecular weight excluding hydrogens is 307 g/mol. The van der Waals surface area contributed by atoms with Crippen molar-refractivity contribution in [3.8, 4) is 5.75 Å². The van der Waals surface area contributed by atoms with Crippen LogP contribution in [0.5, 0.6) is 5.75 Å². The highest BCUT2D eigenvalue weighted by Crippen LogP contribution is 2.22. The number of hydrogen-bond acceptors (Lipinski definition) is 3. The lowest BCUT2D eigenvalue weighted by molar-refractivity contribution is 0.392. The van der Waals surface area contributed by atoms with Crippen LogP contribution in [-0.4, -0.2) is 32.1 Å². The van der Waals surface area contributed by atoms with Crippen LogP contribution in [0.4, 0.5) is 10.1 Å². The Labute approximate surface area is 142 Å². The Bertz CT molecular complexity index is 716. The van der Waals surface area contributed by atoms with Gasteiger partial charge in [-0.1, -0.05) is 24.3 Å². The molecule has 0 amide bonds. The van der Waals surface area contributed by atoms with E-state index in [4.69, 9.17) is 10.5 Å². The first-order chi connectivity index (χ1) is 11.5. The number of aliphatic imine (C=N–C) groups is 1. The van der Waals surface area contributed by atoms with Crippen LogP contribution in [-0.2, 0) is 13.1 Å². The van der Waals surface area contributed by atoms with Crippen LogP contribution in [0, 0.1) is 5.82 Å². The van der Waals surface area contributed by atoms with Crippen molar-refractivity contribution in [2.75, 3.05) is 26.5 Å². The number of halogens is 1. The molecule has 0 heterocycles. The molecule has 0 aliphatic heterocycles. The Kier molecular flexibility index (Phi) is 6.14. The molecule has 2 rings (SSSR count). The van der Waals surface area contributed by atoms with Crippen LogP contribution in [0.15, 0.2) is 47.5 Å². The van der Waals surface area contributed by atoms with Gasteiger partial charge in [-0.15, -0.1) is 0 Å². The van der Waals surface area contributed by atoms with Crippen LogP contribution in [0.1, 0.15) is 11.1 Å². The van der Waals surface area contributed by atoms with Gasteiger partial charge in [0.05, 0.1) is 19.3 Å². The number of methoxy groups -OCH3 is 1. The minimum Gasteiger partial charge on any atom is -0.495 e. The van der Waals surface area contributed by atoms with E-state index in [2.05, 4.69) is 10.3 Å². The number of rotatable bonds is 6. The molecular formula is C18H23FN4O. The number of nitrogens with zero attached hydrogens (tertiary/aromatic N) is 2. The standard InChI is InChI=1S/C18H23FN4O/c1-23(2)12-14-9-8-13(10-15(14)19)11-21-18(20)22-16-6-4-5-7-17(16)24-3/h4-10H,11-12H2,1-3H3,(H3,20,21,22). The number of anilines is 1. The third-order valence-corrected chi connectivity index (χ3v) is 3.41. The first-order valence-electron chi connectivity index (χ1n) is 7.61. The molecule has 6 heteroatoms. The highest BCUT2D eigenvalue weighted by Gasteiger charge is 2.05. The van der Waals surface area contributed by atoms with Gasteiger partial charge in [-0.2, -0.15) is 0 Å². The minimum absolute atomic E-state index is 0.229. The van der Waals surface area contributed by atoms with Gasteiger partial charge in [-0.3, -0.25) is 0 Å². The maximum atomic E-state index is 14.0. The van der Waals surface area contributed by atoms with Crippen LogP contribution < -0.4 is 15.8 Å². The Morgan fingerprint density at radius 1 is 1.25 bits per heavy atom. The fraction of sp³-hybridized carbons (Fsp3) is 0.278. The zero-order valence-corrected chi connectivity index (χ0v) is 14.2. The van der Waals surface area contributed by atoms with E-state index in [1.807, 2.05) is 49.3 Å². The number of hydrogen-bond donors (Lipinski definition) is 2. The minimum atomic E-state index is -0.229. The lowest BCUT2D eigenvalue weighted by Gasteiger charge is -2.11. The molecule has 0 aliphatic rings. The maximum Gasteiger partial charge on any atom is 0.193 e. The second-order valence-electron chi connectivity index (χ2n) is 5.69. The van der Waals surface area contributed by atoms with Crippen molar-refractivity contribution in [3.05, 3.63) is 59.4 Å². The van der Waals surface area contributed by atoms with E-state index in [-0.39, 0.29) is 11.8 Å². The summed E-state index contributed by atoms with van der Waals surface area (Å²) in [6, 6.07) is 12.6. The molecule has 0 saturated carbocycles. The summed E-state index contributed by atoms with van der Waals surface area (Å²) in [7, 11) is 5.40. The zero-order valence-electron chi connectivity index (χ0n) is 14.2. The molecule has 3 N–H and O–H groups in total. The van der Waals surface area contributed by atoms with Gasteiger partial charge < -0.3 is 20.7 Å². The van der Waals surface area contributed by atoms with Crippen LogP contribution in [0.3, 0.4) is 0 Å². The van der Waals surface area contributed by atoms with Gasteiger partial charge in [-0.25, -0.2) is 9.38 Å². The van der Waals surface area contributed by atoms with Gasteiger partial charge in [0, 0.05) is 12.1 Å². The van der Waals surface area contributed by atoms with Crippen molar-refractivity contribution in [2.24, 2.45) is 10.7 Å². The summed E-state index contributed by atoms with van der Waals surface area (Å²) in [5, 5.41) is 2.99. The Morgan fingerprint density at radius 3 is 2.67 bits per heavy atom. The van der Waals surface area contributed by atoms with Crippen LogP contribution in [0.25, 0.3) is 0 Å². The molecule has 0 fully saturated rings. The first kappa shape index (κ1) is 17.7. The second kappa shape index (κ2) is 8.31.